The highest BCUT2D eigenvalue weighted by molar-refractivity contribution is 7.22. The fourth-order valence-corrected chi connectivity index (χ4v) is 3.55. The highest BCUT2D eigenvalue weighted by atomic mass is 32.1. The standard InChI is InChI=1S/C17H20N4O3S/c1-9(2)21-11(8-10(3)20-21)16(22)19-17-18-14-12(23-4)6-7-13(24-5)15(14)25-17/h6-9H,1-5H3,(H,18,19,22). The molecule has 8 heteroatoms. The number of aryl methyl sites for hydroxylation is 1. The summed E-state index contributed by atoms with van der Waals surface area (Å²) >= 11 is 1.34. The van der Waals surface area contributed by atoms with Gasteiger partial charge in [0.15, 0.2) is 5.13 Å². The molecule has 0 radical (unpaired) electrons. The molecule has 0 aliphatic carbocycles. The largest absolute Gasteiger partial charge is 0.495 e. The van der Waals surface area contributed by atoms with Crippen molar-refractivity contribution in [1.82, 2.24) is 14.8 Å². The van der Waals surface area contributed by atoms with Crippen molar-refractivity contribution in [2.75, 3.05) is 19.5 Å². The second kappa shape index (κ2) is 6.72. The summed E-state index contributed by atoms with van der Waals surface area (Å²) in [7, 11) is 3.19. The molecule has 2 aromatic heterocycles. The average molecular weight is 360 g/mol. The minimum Gasteiger partial charge on any atom is -0.495 e. The van der Waals surface area contributed by atoms with Crippen molar-refractivity contribution in [1.29, 1.82) is 0 Å². The van der Waals surface area contributed by atoms with Crippen LogP contribution < -0.4 is 14.8 Å². The first-order valence-corrected chi connectivity index (χ1v) is 8.65. The molecule has 3 aromatic rings. The van der Waals surface area contributed by atoms with Crippen LogP contribution in [-0.4, -0.2) is 34.9 Å². The van der Waals surface area contributed by atoms with Gasteiger partial charge in [-0.2, -0.15) is 5.10 Å². The third-order valence-electron chi connectivity index (χ3n) is 3.71. The molecule has 2 heterocycles. The topological polar surface area (TPSA) is 78.3 Å². The Hall–Kier alpha value is -2.61. The van der Waals surface area contributed by atoms with E-state index >= 15 is 0 Å². The summed E-state index contributed by atoms with van der Waals surface area (Å²) in [5.74, 6) is 1.08. The third-order valence-corrected chi connectivity index (χ3v) is 4.70. The summed E-state index contributed by atoms with van der Waals surface area (Å²) in [6.45, 7) is 5.83. The zero-order valence-corrected chi connectivity index (χ0v) is 15.6. The van der Waals surface area contributed by atoms with Crippen LogP contribution >= 0.6 is 11.3 Å². The number of anilines is 1. The lowest BCUT2D eigenvalue weighted by molar-refractivity contribution is 0.101. The van der Waals surface area contributed by atoms with Crippen molar-refractivity contribution < 1.29 is 14.3 Å². The Morgan fingerprint density at radius 2 is 1.92 bits per heavy atom. The minimum absolute atomic E-state index is 0.0880. The lowest BCUT2D eigenvalue weighted by Gasteiger charge is -2.09. The zero-order chi connectivity index (χ0) is 18.1. The Bertz CT molecular complexity index is 889. The lowest BCUT2D eigenvalue weighted by Crippen LogP contribution is -2.18. The van der Waals surface area contributed by atoms with Crippen LogP contribution in [-0.2, 0) is 0 Å². The van der Waals surface area contributed by atoms with E-state index in [4.69, 9.17) is 9.47 Å². The Kier molecular flexibility index (Phi) is 4.63. The Labute approximate surface area is 149 Å². The predicted molar refractivity (Wildman–Crippen MR) is 98.0 cm³/mol. The van der Waals surface area contributed by atoms with Crippen molar-refractivity contribution in [2.45, 2.75) is 26.8 Å². The van der Waals surface area contributed by atoms with Gasteiger partial charge in [-0.1, -0.05) is 11.3 Å². The minimum atomic E-state index is -0.244. The molecule has 0 bridgehead atoms. The van der Waals surface area contributed by atoms with Gasteiger partial charge in [-0.05, 0) is 39.0 Å². The van der Waals surface area contributed by atoms with Crippen LogP contribution in [0.1, 0.15) is 36.1 Å². The van der Waals surface area contributed by atoms with E-state index in [0.29, 0.717) is 27.8 Å². The fraction of sp³-hybridized carbons (Fsp3) is 0.353. The van der Waals surface area contributed by atoms with Gasteiger partial charge in [-0.15, -0.1) is 0 Å². The first kappa shape index (κ1) is 17.2. The SMILES string of the molecule is COc1ccc(OC)c2sc(NC(=O)c3cc(C)nn3C(C)C)nc12. The van der Waals surface area contributed by atoms with E-state index in [1.807, 2.05) is 26.8 Å². The molecule has 1 amide bonds. The van der Waals surface area contributed by atoms with Crippen molar-refractivity contribution in [2.24, 2.45) is 0 Å². The second-order valence-electron chi connectivity index (χ2n) is 5.83. The van der Waals surface area contributed by atoms with Gasteiger partial charge >= 0.3 is 0 Å². The van der Waals surface area contributed by atoms with Crippen molar-refractivity contribution >= 4 is 32.6 Å². The number of hydrogen-bond acceptors (Lipinski definition) is 6. The monoisotopic (exact) mass is 360 g/mol. The van der Waals surface area contributed by atoms with Gasteiger partial charge in [0, 0.05) is 6.04 Å². The van der Waals surface area contributed by atoms with Crippen molar-refractivity contribution in [3.63, 3.8) is 0 Å². The zero-order valence-electron chi connectivity index (χ0n) is 14.8. The molecule has 0 spiro atoms. The normalized spacial score (nSPS) is 11.1. The maximum atomic E-state index is 12.7. The molecule has 7 nitrogen and oxygen atoms in total. The lowest BCUT2D eigenvalue weighted by atomic mass is 10.3. The number of thiazole rings is 1. The molecular formula is C17H20N4O3S. The molecule has 1 aromatic carbocycles. The number of hydrogen-bond donors (Lipinski definition) is 1. The number of amides is 1. The number of nitrogens with zero attached hydrogens (tertiary/aromatic N) is 3. The Balaban J connectivity index is 1.97. The molecule has 1 N–H and O–H groups in total. The number of carbonyl (C=O) groups is 1. The molecule has 132 valence electrons. The number of benzene rings is 1. The summed E-state index contributed by atoms with van der Waals surface area (Å²) in [5.41, 5.74) is 1.97. The van der Waals surface area contributed by atoms with Gasteiger partial charge in [0.25, 0.3) is 5.91 Å². The Morgan fingerprint density at radius 3 is 2.56 bits per heavy atom. The molecule has 0 aliphatic rings. The van der Waals surface area contributed by atoms with E-state index in [0.717, 1.165) is 10.4 Å². The predicted octanol–water partition coefficient (Wildman–Crippen LogP) is 3.65. The van der Waals surface area contributed by atoms with Gasteiger partial charge in [0.05, 0.1) is 19.9 Å². The molecule has 0 fully saturated rings. The maximum Gasteiger partial charge on any atom is 0.275 e. The van der Waals surface area contributed by atoms with E-state index in [1.54, 1.807) is 31.0 Å². The molecular weight excluding hydrogens is 340 g/mol. The first-order valence-electron chi connectivity index (χ1n) is 7.83. The summed E-state index contributed by atoms with van der Waals surface area (Å²) in [4.78, 5) is 17.2. The molecule has 0 saturated heterocycles. The van der Waals surface area contributed by atoms with Gasteiger partial charge in [-0.25, -0.2) is 4.98 Å². The van der Waals surface area contributed by atoms with Gasteiger partial charge in [-0.3, -0.25) is 14.8 Å². The van der Waals surface area contributed by atoms with Crippen LogP contribution in [0, 0.1) is 6.92 Å². The number of methoxy groups -OCH3 is 2. The third kappa shape index (κ3) is 3.17. The van der Waals surface area contributed by atoms with E-state index in [9.17, 15) is 4.79 Å². The molecule has 0 aliphatic heterocycles. The molecule has 3 rings (SSSR count). The number of ether oxygens (including phenoxy) is 2. The van der Waals surface area contributed by atoms with Crippen LogP contribution in [0.2, 0.25) is 0 Å². The maximum absolute atomic E-state index is 12.7. The number of nitrogens with one attached hydrogen (secondary N) is 1. The van der Waals surface area contributed by atoms with Crippen LogP contribution in [0.3, 0.4) is 0 Å². The van der Waals surface area contributed by atoms with Crippen LogP contribution in [0.5, 0.6) is 11.5 Å². The summed E-state index contributed by atoms with van der Waals surface area (Å²) in [6.07, 6.45) is 0. The van der Waals surface area contributed by atoms with Gasteiger partial charge < -0.3 is 9.47 Å². The highest BCUT2D eigenvalue weighted by Gasteiger charge is 2.19. The van der Waals surface area contributed by atoms with Gasteiger partial charge in [0.2, 0.25) is 0 Å². The number of rotatable bonds is 5. The second-order valence-corrected chi connectivity index (χ2v) is 6.83. The molecule has 25 heavy (non-hydrogen) atoms. The van der Waals surface area contributed by atoms with Crippen LogP contribution in [0.4, 0.5) is 5.13 Å². The molecule has 0 unspecified atom stereocenters. The van der Waals surface area contributed by atoms with E-state index in [1.165, 1.54) is 11.3 Å². The smallest absolute Gasteiger partial charge is 0.275 e. The first-order chi connectivity index (χ1) is 11.9. The highest BCUT2D eigenvalue weighted by Crippen LogP contribution is 2.38. The quantitative estimate of drug-likeness (QED) is 0.751. The fourth-order valence-electron chi connectivity index (χ4n) is 2.58. The van der Waals surface area contributed by atoms with Crippen molar-refractivity contribution in [3.05, 3.63) is 29.6 Å². The van der Waals surface area contributed by atoms with Crippen LogP contribution in [0.15, 0.2) is 18.2 Å². The molecule has 0 atom stereocenters. The molecule has 0 saturated carbocycles. The Morgan fingerprint density at radius 1 is 1.24 bits per heavy atom. The average Bonchev–Trinajstić information content (AvgIpc) is 3.17. The van der Waals surface area contributed by atoms with Crippen molar-refractivity contribution in [3.8, 4) is 11.5 Å². The van der Waals surface area contributed by atoms with E-state index in [-0.39, 0.29) is 11.9 Å². The van der Waals surface area contributed by atoms with E-state index < -0.39 is 0 Å². The van der Waals surface area contributed by atoms with E-state index in [2.05, 4.69) is 15.4 Å². The number of aromatic nitrogens is 3. The van der Waals surface area contributed by atoms with Gasteiger partial charge in [0.1, 0.15) is 27.4 Å². The summed E-state index contributed by atoms with van der Waals surface area (Å²) in [6, 6.07) is 5.47. The number of fused-ring (bicyclic) bond motifs is 1. The van der Waals surface area contributed by atoms with Crippen LogP contribution in [0.25, 0.3) is 10.2 Å². The summed E-state index contributed by atoms with van der Waals surface area (Å²) in [5, 5.41) is 7.71. The summed E-state index contributed by atoms with van der Waals surface area (Å²) < 4.78 is 13.2. The number of carbonyl (C=O) groups excluding carboxylic acids is 1.